The molecule has 0 fully saturated rings. The third kappa shape index (κ3) is 2.88. The molecule has 2 aliphatic carbocycles. The quantitative estimate of drug-likeness (QED) is 0.568. The molecule has 0 amide bonds. The van der Waals surface area contributed by atoms with Gasteiger partial charge in [-0.25, -0.2) is 0 Å². The van der Waals surface area contributed by atoms with Gasteiger partial charge in [-0.1, -0.05) is 42.5 Å². The van der Waals surface area contributed by atoms with E-state index in [-0.39, 0.29) is 0 Å². The van der Waals surface area contributed by atoms with Crippen molar-refractivity contribution in [3.63, 3.8) is 0 Å². The molecule has 4 heteroatoms. The molecule has 0 aromatic heterocycles. The minimum Gasteiger partial charge on any atom is -0.430 e. The number of nitrogens with zero attached hydrogens (tertiary/aromatic N) is 1. The second-order valence-corrected chi connectivity index (χ2v) is 4.88. The monoisotopic (exact) mass is 289 g/mol. The molecule has 0 atom stereocenters. The van der Waals surface area contributed by atoms with Crippen molar-refractivity contribution in [1.29, 1.82) is 0 Å². The average Bonchev–Trinajstić information content (AvgIpc) is 3.24. The Morgan fingerprint density at radius 3 is 1.55 bits per heavy atom. The SMILES string of the molecule is OBO.c1ccc(N(c2ccccc2)c2ccc3cc2-3)cc1. The summed E-state index contributed by atoms with van der Waals surface area (Å²) in [7, 11) is -0.750. The molecule has 0 saturated heterocycles. The Balaban J connectivity index is 0.000000446. The molecule has 2 N–H and O–H groups in total. The van der Waals surface area contributed by atoms with Crippen molar-refractivity contribution in [3.8, 4) is 11.1 Å². The summed E-state index contributed by atoms with van der Waals surface area (Å²) in [6, 6.07) is 27.6. The smallest absolute Gasteiger partial charge is 0.430 e. The van der Waals surface area contributed by atoms with Crippen molar-refractivity contribution in [2.75, 3.05) is 4.90 Å². The molecular formula is C18H16BNO2. The highest BCUT2D eigenvalue weighted by Crippen LogP contribution is 2.48. The summed E-state index contributed by atoms with van der Waals surface area (Å²) in [4.78, 5) is 2.31. The summed E-state index contributed by atoms with van der Waals surface area (Å²) in [5, 5.41) is 14.2. The van der Waals surface area contributed by atoms with Gasteiger partial charge in [-0.05, 0) is 42.0 Å². The number of para-hydroxylation sites is 2. The Kier molecular flexibility index (Phi) is 4.23. The highest BCUT2D eigenvalue weighted by molar-refractivity contribution is 6.13. The first-order chi connectivity index (χ1) is 10.8. The predicted molar refractivity (Wildman–Crippen MR) is 91.7 cm³/mol. The summed E-state index contributed by atoms with van der Waals surface area (Å²) in [5.41, 5.74) is 6.40. The fraction of sp³-hybridized carbons (Fsp3) is 0. The Hall–Kier alpha value is -2.56. The van der Waals surface area contributed by atoms with Crippen molar-refractivity contribution in [1.82, 2.24) is 0 Å². The van der Waals surface area contributed by atoms with Gasteiger partial charge in [0.05, 0.1) is 5.69 Å². The molecule has 0 bridgehead atoms. The first-order valence-corrected chi connectivity index (χ1v) is 7.11. The van der Waals surface area contributed by atoms with Crippen molar-refractivity contribution in [2.24, 2.45) is 0 Å². The van der Waals surface area contributed by atoms with Gasteiger partial charge in [-0.3, -0.25) is 0 Å². The number of fused-ring (bicyclic) bond motifs is 1. The van der Waals surface area contributed by atoms with E-state index >= 15 is 0 Å². The molecule has 0 spiro atoms. The standard InChI is InChI=1S/C18H13N.BH3O2/c1-3-7-15(8-4-1)19(16-9-5-2-6-10-16)18-12-11-14-13-17(14)18;2-1-3/h1-13H;1-3H. The Morgan fingerprint density at radius 2 is 1.18 bits per heavy atom. The summed E-state index contributed by atoms with van der Waals surface area (Å²) >= 11 is 0. The summed E-state index contributed by atoms with van der Waals surface area (Å²) in [6.45, 7) is 0. The van der Waals surface area contributed by atoms with Crippen LogP contribution in [0.25, 0.3) is 11.1 Å². The molecule has 22 heavy (non-hydrogen) atoms. The zero-order valence-corrected chi connectivity index (χ0v) is 12.1. The van der Waals surface area contributed by atoms with E-state index in [4.69, 9.17) is 10.0 Å². The zero-order chi connectivity index (χ0) is 15.4. The second-order valence-electron chi connectivity index (χ2n) is 4.88. The Labute approximate surface area is 130 Å². The average molecular weight is 289 g/mol. The lowest BCUT2D eigenvalue weighted by Crippen LogP contribution is -2.08. The van der Waals surface area contributed by atoms with Gasteiger partial charge >= 0.3 is 7.69 Å². The van der Waals surface area contributed by atoms with E-state index < -0.39 is 7.69 Å². The minimum atomic E-state index is -0.750. The maximum absolute atomic E-state index is 7.12. The predicted octanol–water partition coefficient (Wildman–Crippen LogP) is 3.37. The molecule has 4 rings (SSSR count). The Morgan fingerprint density at radius 1 is 0.682 bits per heavy atom. The molecule has 0 aliphatic heterocycles. The molecule has 0 radical (unpaired) electrons. The van der Waals surface area contributed by atoms with Crippen LogP contribution in [0.5, 0.6) is 0 Å². The van der Waals surface area contributed by atoms with Crippen molar-refractivity contribution in [2.45, 2.75) is 0 Å². The molecule has 2 aromatic rings. The van der Waals surface area contributed by atoms with E-state index in [1.54, 1.807) is 0 Å². The zero-order valence-electron chi connectivity index (χ0n) is 12.1. The van der Waals surface area contributed by atoms with Gasteiger partial charge in [0.25, 0.3) is 0 Å². The van der Waals surface area contributed by atoms with E-state index in [1.165, 1.54) is 28.2 Å². The van der Waals surface area contributed by atoms with Gasteiger partial charge in [0, 0.05) is 16.9 Å². The van der Waals surface area contributed by atoms with Crippen LogP contribution < -0.4 is 4.90 Å². The largest absolute Gasteiger partial charge is 0.432 e. The van der Waals surface area contributed by atoms with Crippen LogP contribution >= 0.6 is 0 Å². The lowest BCUT2D eigenvalue weighted by Gasteiger charge is -2.24. The fourth-order valence-corrected chi connectivity index (χ4v) is 2.51. The summed E-state index contributed by atoms with van der Waals surface area (Å²) < 4.78 is 0. The Bertz CT molecular complexity index is 708. The number of benzene rings is 3. The second kappa shape index (κ2) is 6.47. The third-order valence-electron chi connectivity index (χ3n) is 3.49. The number of rotatable bonds is 3. The van der Waals surface area contributed by atoms with Crippen LogP contribution in [0.15, 0.2) is 78.9 Å². The van der Waals surface area contributed by atoms with Crippen LogP contribution in [0, 0.1) is 0 Å². The lowest BCUT2D eigenvalue weighted by atomic mass is 10.2. The molecule has 2 aromatic carbocycles. The molecular weight excluding hydrogens is 273 g/mol. The van der Waals surface area contributed by atoms with E-state index in [9.17, 15) is 0 Å². The normalized spacial score (nSPS) is 10.3. The van der Waals surface area contributed by atoms with Gasteiger partial charge in [-0.15, -0.1) is 0 Å². The van der Waals surface area contributed by atoms with Crippen LogP contribution in [-0.4, -0.2) is 17.7 Å². The van der Waals surface area contributed by atoms with Crippen molar-refractivity contribution < 1.29 is 10.0 Å². The van der Waals surface area contributed by atoms with Gasteiger partial charge in [0.2, 0.25) is 0 Å². The maximum atomic E-state index is 7.12. The van der Waals surface area contributed by atoms with Crippen LogP contribution in [0.4, 0.5) is 17.1 Å². The molecule has 0 heterocycles. The molecule has 0 saturated carbocycles. The van der Waals surface area contributed by atoms with E-state index in [0.29, 0.717) is 0 Å². The van der Waals surface area contributed by atoms with Gasteiger partial charge < -0.3 is 14.9 Å². The van der Waals surface area contributed by atoms with Crippen LogP contribution in [0.3, 0.4) is 0 Å². The first-order valence-electron chi connectivity index (χ1n) is 7.11. The summed E-state index contributed by atoms with van der Waals surface area (Å²) in [5.74, 6) is 0. The number of hydrogen-bond acceptors (Lipinski definition) is 3. The van der Waals surface area contributed by atoms with Gasteiger partial charge in [0.15, 0.2) is 0 Å². The van der Waals surface area contributed by atoms with Crippen LogP contribution in [0.1, 0.15) is 0 Å². The lowest BCUT2D eigenvalue weighted by molar-refractivity contribution is 0.448. The third-order valence-corrected chi connectivity index (χ3v) is 3.49. The molecule has 108 valence electrons. The topological polar surface area (TPSA) is 43.7 Å². The van der Waals surface area contributed by atoms with E-state index in [0.717, 1.165) is 0 Å². The van der Waals surface area contributed by atoms with Crippen LogP contribution in [-0.2, 0) is 0 Å². The van der Waals surface area contributed by atoms with E-state index in [1.807, 2.05) is 0 Å². The number of anilines is 3. The van der Waals surface area contributed by atoms with E-state index in [2.05, 4.69) is 83.8 Å². The first kappa shape index (κ1) is 14.4. The number of hydrogen-bond donors (Lipinski definition) is 2. The van der Waals surface area contributed by atoms with Gasteiger partial charge in [-0.2, -0.15) is 0 Å². The minimum absolute atomic E-state index is 0.750. The van der Waals surface area contributed by atoms with Crippen molar-refractivity contribution >= 4 is 24.7 Å². The highest BCUT2D eigenvalue weighted by atomic mass is 16.4. The highest BCUT2D eigenvalue weighted by Gasteiger charge is 2.23. The van der Waals surface area contributed by atoms with Gasteiger partial charge in [0.1, 0.15) is 0 Å². The van der Waals surface area contributed by atoms with Crippen molar-refractivity contribution in [3.05, 3.63) is 78.9 Å². The molecule has 2 aliphatic rings. The molecule has 0 unspecified atom stereocenters. The molecule has 3 nitrogen and oxygen atoms in total. The van der Waals surface area contributed by atoms with Crippen LogP contribution in [0.2, 0.25) is 0 Å². The summed E-state index contributed by atoms with van der Waals surface area (Å²) in [6.07, 6.45) is 0. The maximum Gasteiger partial charge on any atom is 0.432 e. The fourth-order valence-electron chi connectivity index (χ4n) is 2.51.